The van der Waals surface area contributed by atoms with E-state index in [0.29, 0.717) is 8.59 Å². The largest absolute Gasteiger partial charge is 0.205 e. The Hall–Kier alpha value is 0.170. The van der Waals surface area contributed by atoms with Crippen LogP contribution < -0.4 is 0 Å². The van der Waals surface area contributed by atoms with Crippen LogP contribution in [0.1, 0.15) is 25.3 Å². The van der Waals surface area contributed by atoms with Crippen molar-refractivity contribution in [3.63, 3.8) is 0 Å². The fourth-order valence-electron chi connectivity index (χ4n) is 0.987. The highest BCUT2D eigenvalue weighted by Crippen LogP contribution is 2.27. The predicted molar refractivity (Wildman–Crippen MR) is 58.2 cm³/mol. The lowest BCUT2D eigenvalue weighted by molar-refractivity contribution is 0.591. The fraction of sp³-hybridized carbons (Fsp3) is 0.333. The maximum absolute atomic E-state index is 13.4. The summed E-state index contributed by atoms with van der Waals surface area (Å²) in [6, 6.07) is 3.48. The second-order valence-corrected chi connectivity index (χ2v) is 4.41. The third-order valence-electron chi connectivity index (χ3n) is 1.69. The van der Waals surface area contributed by atoms with Crippen LogP contribution in [0.5, 0.6) is 0 Å². The van der Waals surface area contributed by atoms with Crippen LogP contribution >= 0.6 is 34.2 Å². The molecule has 1 rings (SSSR count). The maximum atomic E-state index is 13.4. The molecule has 0 atom stereocenters. The van der Waals surface area contributed by atoms with E-state index in [-0.39, 0.29) is 11.7 Å². The summed E-state index contributed by atoms with van der Waals surface area (Å²) < 4.78 is 13.9. The van der Waals surface area contributed by atoms with E-state index >= 15 is 0 Å². The van der Waals surface area contributed by atoms with Crippen molar-refractivity contribution >= 4 is 34.2 Å². The first-order valence-corrected chi connectivity index (χ1v) is 5.13. The Morgan fingerprint density at radius 3 is 2.50 bits per heavy atom. The minimum Gasteiger partial charge on any atom is -0.205 e. The van der Waals surface area contributed by atoms with Crippen LogP contribution in [0.25, 0.3) is 0 Å². The zero-order valence-corrected chi connectivity index (χ0v) is 9.78. The molecular weight excluding hydrogens is 289 g/mol. The van der Waals surface area contributed by atoms with Crippen LogP contribution in [0, 0.1) is 9.39 Å². The minimum absolute atomic E-state index is 0.182. The van der Waals surface area contributed by atoms with E-state index in [0.717, 1.165) is 5.56 Å². The monoisotopic (exact) mass is 298 g/mol. The Labute approximate surface area is 90.3 Å². The first-order valence-electron chi connectivity index (χ1n) is 3.67. The van der Waals surface area contributed by atoms with E-state index in [2.05, 4.69) is 0 Å². The standard InChI is InChI=1S/C9H9ClFI/c1-5(2)6-3-4-7(10)9(12)8(6)11/h3-5H,1-2H3. The quantitative estimate of drug-likeness (QED) is 0.538. The molecular formula is C9H9ClFI. The molecule has 1 aromatic rings. The number of hydrogen-bond acceptors (Lipinski definition) is 0. The molecule has 0 heterocycles. The molecule has 0 aliphatic rings. The molecule has 1 aromatic carbocycles. The Morgan fingerprint density at radius 2 is 2.00 bits per heavy atom. The molecule has 0 aliphatic heterocycles. The summed E-state index contributed by atoms with van der Waals surface area (Å²) in [5, 5.41) is 0.484. The van der Waals surface area contributed by atoms with Crippen LogP contribution in [0.2, 0.25) is 5.02 Å². The topological polar surface area (TPSA) is 0 Å². The average Bonchev–Trinajstić information content (AvgIpc) is 2.00. The van der Waals surface area contributed by atoms with Gasteiger partial charge >= 0.3 is 0 Å². The average molecular weight is 299 g/mol. The first kappa shape index (κ1) is 10.3. The Balaban J connectivity index is 3.27. The number of halogens is 3. The SMILES string of the molecule is CC(C)c1ccc(Cl)c(I)c1F. The second-order valence-electron chi connectivity index (χ2n) is 2.92. The molecule has 0 N–H and O–H groups in total. The van der Waals surface area contributed by atoms with Crippen LogP contribution in [-0.4, -0.2) is 0 Å². The van der Waals surface area contributed by atoms with Crippen molar-refractivity contribution in [1.29, 1.82) is 0 Å². The molecule has 0 radical (unpaired) electrons. The van der Waals surface area contributed by atoms with Gasteiger partial charge in [-0.25, -0.2) is 4.39 Å². The van der Waals surface area contributed by atoms with Crippen molar-refractivity contribution < 1.29 is 4.39 Å². The maximum Gasteiger partial charge on any atom is 0.141 e. The molecule has 0 aromatic heterocycles. The van der Waals surface area contributed by atoms with Crippen LogP contribution in [-0.2, 0) is 0 Å². The van der Waals surface area contributed by atoms with Crippen LogP contribution in [0.3, 0.4) is 0 Å². The molecule has 12 heavy (non-hydrogen) atoms. The first-order chi connectivity index (χ1) is 5.54. The molecule has 0 fully saturated rings. The summed E-state index contributed by atoms with van der Waals surface area (Å²) in [5.74, 6) is 0.0221. The molecule has 0 saturated heterocycles. The molecule has 66 valence electrons. The number of benzene rings is 1. The normalized spacial score (nSPS) is 10.8. The summed E-state index contributed by atoms with van der Waals surface area (Å²) >= 11 is 7.66. The fourth-order valence-corrected chi connectivity index (χ4v) is 1.62. The van der Waals surface area contributed by atoms with E-state index in [1.54, 1.807) is 12.1 Å². The van der Waals surface area contributed by atoms with Crippen LogP contribution in [0.15, 0.2) is 12.1 Å². The highest BCUT2D eigenvalue weighted by molar-refractivity contribution is 14.1. The number of hydrogen-bond donors (Lipinski definition) is 0. The molecule has 0 spiro atoms. The lowest BCUT2D eigenvalue weighted by Crippen LogP contribution is -1.95. The molecule has 3 heteroatoms. The van der Waals surface area contributed by atoms with Gasteiger partial charge in [-0.15, -0.1) is 0 Å². The van der Waals surface area contributed by atoms with E-state index in [4.69, 9.17) is 11.6 Å². The van der Waals surface area contributed by atoms with Gasteiger partial charge in [0.05, 0.1) is 8.59 Å². The van der Waals surface area contributed by atoms with Gasteiger partial charge < -0.3 is 0 Å². The van der Waals surface area contributed by atoms with Gasteiger partial charge in [-0.1, -0.05) is 31.5 Å². The lowest BCUT2D eigenvalue weighted by atomic mass is 10.0. The van der Waals surface area contributed by atoms with E-state index < -0.39 is 0 Å². The van der Waals surface area contributed by atoms with E-state index in [9.17, 15) is 4.39 Å². The molecule has 0 nitrogen and oxygen atoms in total. The summed E-state index contributed by atoms with van der Waals surface area (Å²) in [4.78, 5) is 0. The van der Waals surface area contributed by atoms with Gasteiger partial charge in [-0.3, -0.25) is 0 Å². The molecule has 0 bridgehead atoms. The summed E-state index contributed by atoms with van der Waals surface area (Å²) in [6.07, 6.45) is 0. The lowest BCUT2D eigenvalue weighted by Gasteiger charge is -2.08. The van der Waals surface area contributed by atoms with Gasteiger partial charge in [0.25, 0.3) is 0 Å². The molecule has 0 aliphatic carbocycles. The van der Waals surface area contributed by atoms with Gasteiger partial charge in [0.1, 0.15) is 5.82 Å². The smallest absolute Gasteiger partial charge is 0.141 e. The van der Waals surface area contributed by atoms with Crippen LogP contribution in [0.4, 0.5) is 4.39 Å². The Morgan fingerprint density at radius 1 is 1.42 bits per heavy atom. The summed E-state index contributed by atoms with van der Waals surface area (Å²) in [7, 11) is 0. The van der Waals surface area contributed by atoms with Crippen molar-refractivity contribution in [2.45, 2.75) is 19.8 Å². The second kappa shape index (κ2) is 3.92. The van der Waals surface area contributed by atoms with Gasteiger partial charge in [-0.2, -0.15) is 0 Å². The molecule has 0 amide bonds. The zero-order chi connectivity index (χ0) is 9.30. The molecule has 0 saturated carbocycles. The number of rotatable bonds is 1. The highest BCUT2D eigenvalue weighted by Gasteiger charge is 2.11. The van der Waals surface area contributed by atoms with Gasteiger partial charge in [-0.05, 0) is 40.1 Å². The Bertz CT molecular complexity index is 297. The Kier molecular flexibility index (Phi) is 3.35. The minimum atomic E-state index is -0.182. The van der Waals surface area contributed by atoms with Crippen molar-refractivity contribution in [3.8, 4) is 0 Å². The van der Waals surface area contributed by atoms with E-state index in [1.165, 1.54) is 0 Å². The van der Waals surface area contributed by atoms with Crippen molar-refractivity contribution in [1.82, 2.24) is 0 Å². The van der Waals surface area contributed by atoms with Crippen molar-refractivity contribution in [2.24, 2.45) is 0 Å². The van der Waals surface area contributed by atoms with Gasteiger partial charge in [0, 0.05) is 0 Å². The van der Waals surface area contributed by atoms with Gasteiger partial charge in [0.2, 0.25) is 0 Å². The van der Waals surface area contributed by atoms with Crippen molar-refractivity contribution in [3.05, 3.63) is 32.1 Å². The highest BCUT2D eigenvalue weighted by atomic mass is 127. The third-order valence-corrected chi connectivity index (χ3v) is 3.38. The summed E-state index contributed by atoms with van der Waals surface area (Å²) in [5.41, 5.74) is 0.726. The van der Waals surface area contributed by atoms with E-state index in [1.807, 2.05) is 36.4 Å². The van der Waals surface area contributed by atoms with Crippen molar-refractivity contribution in [2.75, 3.05) is 0 Å². The zero-order valence-electron chi connectivity index (χ0n) is 6.87. The predicted octanol–water partition coefficient (Wildman–Crippen LogP) is 4.21. The summed E-state index contributed by atoms with van der Waals surface area (Å²) in [6.45, 7) is 3.92. The third kappa shape index (κ3) is 1.91. The van der Waals surface area contributed by atoms with Gasteiger partial charge in [0.15, 0.2) is 0 Å². The molecule has 0 unspecified atom stereocenters.